The molecule has 8 heteroatoms. The van der Waals surface area contributed by atoms with E-state index in [1.54, 1.807) is 17.9 Å². The van der Waals surface area contributed by atoms with Crippen LogP contribution in [0.5, 0.6) is 0 Å². The Bertz CT molecular complexity index is 659. The first-order chi connectivity index (χ1) is 9.99. The number of carboxylic acid groups (broad SMARTS) is 1. The molecule has 112 valence electrons. The Hall–Kier alpha value is -2.77. The minimum atomic E-state index is -1.14. The minimum Gasteiger partial charge on any atom is -0.475 e. The lowest BCUT2D eigenvalue weighted by Crippen LogP contribution is -2.28. The number of nitrogens with zero attached hydrogens (tertiary/aromatic N) is 2. The summed E-state index contributed by atoms with van der Waals surface area (Å²) in [5.41, 5.74) is 1.43. The van der Waals surface area contributed by atoms with Crippen LogP contribution in [0.3, 0.4) is 0 Å². The molecule has 2 aromatic rings. The molecule has 0 aromatic carbocycles. The van der Waals surface area contributed by atoms with Gasteiger partial charge in [0.05, 0.1) is 17.9 Å². The number of hydrogen-bond donors (Lipinski definition) is 3. The SMILES string of the molecule is CCc1nn(C)cc1NC(=O)NCc1ccc(C(=O)O)o1. The van der Waals surface area contributed by atoms with Gasteiger partial charge in [0.1, 0.15) is 5.76 Å². The molecule has 0 aliphatic rings. The van der Waals surface area contributed by atoms with Gasteiger partial charge in [-0.2, -0.15) is 5.10 Å². The molecule has 0 unspecified atom stereocenters. The zero-order valence-corrected chi connectivity index (χ0v) is 11.7. The van der Waals surface area contributed by atoms with Crippen LogP contribution in [0.1, 0.15) is 28.9 Å². The molecule has 21 heavy (non-hydrogen) atoms. The molecule has 0 aliphatic carbocycles. The van der Waals surface area contributed by atoms with E-state index in [4.69, 9.17) is 9.52 Å². The number of furan rings is 1. The van der Waals surface area contributed by atoms with Crippen molar-refractivity contribution in [3.63, 3.8) is 0 Å². The summed E-state index contributed by atoms with van der Waals surface area (Å²) in [6.07, 6.45) is 2.42. The van der Waals surface area contributed by atoms with Gasteiger partial charge < -0.3 is 20.2 Å². The van der Waals surface area contributed by atoms with Crippen molar-refractivity contribution in [2.75, 3.05) is 5.32 Å². The van der Waals surface area contributed by atoms with Gasteiger partial charge in [-0.15, -0.1) is 0 Å². The van der Waals surface area contributed by atoms with Gasteiger partial charge in [-0.05, 0) is 18.6 Å². The Morgan fingerprint density at radius 1 is 1.43 bits per heavy atom. The summed E-state index contributed by atoms with van der Waals surface area (Å²) in [6.45, 7) is 2.04. The highest BCUT2D eigenvalue weighted by molar-refractivity contribution is 5.89. The molecule has 2 heterocycles. The standard InChI is InChI=1S/C13H16N4O4/c1-3-9-10(7-17(2)16-9)15-13(20)14-6-8-4-5-11(21-8)12(18)19/h4-5,7H,3,6H2,1-2H3,(H,18,19)(H2,14,15,20). The van der Waals surface area contributed by atoms with E-state index < -0.39 is 12.0 Å². The molecule has 2 amide bonds. The van der Waals surface area contributed by atoms with Crippen molar-refractivity contribution in [1.29, 1.82) is 0 Å². The fourth-order valence-electron chi connectivity index (χ4n) is 1.82. The number of aryl methyl sites for hydroxylation is 2. The van der Waals surface area contributed by atoms with Crippen LogP contribution >= 0.6 is 0 Å². The van der Waals surface area contributed by atoms with Crippen molar-refractivity contribution in [1.82, 2.24) is 15.1 Å². The van der Waals surface area contributed by atoms with Crippen LogP contribution in [-0.2, 0) is 20.0 Å². The molecule has 0 bridgehead atoms. The Labute approximate surface area is 120 Å². The van der Waals surface area contributed by atoms with Gasteiger partial charge in [0.2, 0.25) is 5.76 Å². The average Bonchev–Trinajstić information content (AvgIpc) is 3.03. The summed E-state index contributed by atoms with van der Waals surface area (Å²) in [5.74, 6) is -0.939. The molecule has 3 N–H and O–H groups in total. The molecule has 0 saturated heterocycles. The first kappa shape index (κ1) is 14.6. The van der Waals surface area contributed by atoms with Crippen molar-refractivity contribution < 1.29 is 19.1 Å². The molecular formula is C13H16N4O4. The zero-order chi connectivity index (χ0) is 15.4. The number of nitrogens with one attached hydrogen (secondary N) is 2. The second kappa shape index (κ2) is 6.12. The number of hydrogen-bond acceptors (Lipinski definition) is 4. The molecule has 0 atom stereocenters. The van der Waals surface area contributed by atoms with E-state index in [-0.39, 0.29) is 12.3 Å². The highest BCUT2D eigenvalue weighted by atomic mass is 16.4. The lowest BCUT2D eigenvalue weighted by atomic mass is 10.3. The van der Waals surface area contributed by atoms with Crippen LogP contribution in [0, 0.1) is 0 Å². The predicted molar refractivity (Wildman–Crippen MR) is 74.1 cm³/mol. The quantitative estimate of drug-likeness (QED) is 0.775. The minimum absolute atomic E-state index is 0.0980. The summed E-state index contributed by atoms with van der Waals surface area (Å²) >= 11 is 0. The van der Waals surface area contributed by atoms with Gasteiger partial charge in [-0.3, -0.25) is 4.68 Å². The Morgan fingerprint density at radius 3 is 2.81 bits per heavy atom. The molecule has 0 saturated carbocycles. The van der Waals surface area contributed by atoms with Crippen LogP contribution in [-0.4, -0.2) is 26.9 Å². The number of carbonyl (C=O) groups is 2. The van der Waals surface area contributed by atoms with Gasteiger partial charge in [0.15, 0.2) is 0 Å². The fourth-order valence-corrected chi connectivity index (χ4v) is 1.82. The number of urea groups is 1. The molecule has 2 rings (SSSR count). The maximum absolute atomic E-state index is 11.8. The predicted octanol–water partition coefficient (Wildman–Crippen LogP) is 1.60. The van der Waals surface area contributed by atoms with Crippen LogP contribution < -0.4 is 10.6 Å². The van der Waals surface area contributed by atoms with Gasteiger partial charge in [-0.1, -0.05) is 6.92 Å². The molecule has 0 spiro atoms. The van der Waals surface area contributed by atoms with E-state index in [1.807, 2.05) is 6.92 Å². The molecular weight excluding hydrogens is 276 g/mol. The van der Waals surface area contributed by atoms with E-state index >= 15 is 0 Å². The topological polar surface area (TPSA) is 109 Å². The zero-order valence-electron chi connectivity index (χ0n) is 11.7. The van der Waals surface area contributed by atoms with E-state index in [1.165, 1.54) is 12.1 Å². The highest BCUT2D eigenvalue weighted by Gasteiger charge is 2.11. The summed E-state index contributed by atoms with van der Waals surface area (Å²) in [7, 11) is 1.78. The van der Waals surface area contributed by atoms with Gasteiger partial charge in [0.25, 0.3) is 0 Å². The van der Waals surface area contributed by atoms with E-state index in [9.17, 15) is 9.59 Å². The third kappa shape index (κ3) is 3.62. The monoisotopic (exact) mass is 292 g/mol. The molecule has 0 fully saturated rings. The normalized spacial score (nSPS) is 10.4. The number of rotatable bonds is 5. The van der Waals surface area contributed by atoms with Crippen molar-refractivity contribution in [2.24, 2.45) is 7.05 Å². The smallest absolute Gasteiger partial charge is 0.371 e. The maximum atomic E-state index is 11.8. The molecule has 0 aliphatic heterocycles. The summed E-state index contributed by atoms with van der Waals surface area (Å²) in [6, 6.07) is 2.43. The van der Waals surface area contributed by atoms with Gasteiger partial charge >= 0.3 is 12.0 Å². The second-order valence-electron chi connectivity index (χ2n) is 4.40. The summed E-state index contributed by atoms with van der Waals surface area (Å²) in [5, 5.41) is 18.2. The highest BCUT2D eigenvalue weighted by Crippen LogP contribution is 2.13. The van der Waals surface area contributed by atoms with Crippen LogP contribution in [0.15, 0.2) is 22.7 Å². The second-order valence-corrected chi connectivity index (χ2v) is 4.40. The average molecular weight is 292 g/mol. The van der Waals surface area contributed by atoms with Crippen molar-refractivity contribution in [3.8, 4) is 0 Å². The first-order valence-corrected chi connectivity index (χ1v) is 6.39. The fraction of sp³-hybridized carbons (Fsp3) is 0.308. The summed E-state index contributed by atoms with van der Waals surface area (Å²) in [4.78, 5) is 22.5. The third-order valence-corrected chi connectivity index (χ3v) is 2.78. The van der Waals surface area contributed by atoms with Crippen molar-refractivity contribution in [2.45, 2.75) is 19.9 Å². The Kier molecular flexibility index (Phi) is 4.27. The Morgan fingerprint density at radius 2 is 2.19 bits per heavy atom. The molecule has 2 aromatic heterocycles. The van der Waals surface area contributed by atoms with Crippen LogP contribution in [0.2, 0.25) is 0 Å². The number of aromatic nitrogens is 2. The number of carbonyl (C=O) groups excluding carboxylic acids is 1. The van der Waals surface area contributed by atoms with E-state index in [0.717, 1.165) is 5.69 Å². The van der Waals surface area contributed by atoms with Crippen LogP contribution in [0.4, 0.5) is 10.5 Å². The lowest BCUT2D eigenvalue weighted by molar-refractivity contribution is 0.0660. The number of aromatic carboxylic acids is 1. The first-order valence-electron chi connectivity index (χ1n) is 6.39. The van der Waals surface area contributed by atoms with Gasteiger partial charge in [0, 0.05) is 13.2 Å². The van der Waals surface area contributed by atoms with Crippen LogP contribution in [0.25, 0.3) is 0 Å². The number of anilines is 1. The van der Waals surface area contributed by atoms with Gasteiger partial charge in [-0.25, -0.2) is 9.59 Å². The summed E-state index contributed by atoms with van der Waals surface area (Å²) < 4.78 is 6.66. The maximum Gasteiger partial charge on any atom is 0.371 e. The lowest BCUT2D eigenvalue weighted by Gasteiger charge is -2.05. The largest absolute Gasteiger partial charge is 0.475 e. The Balaban J connectivity index is 1.90. The van der Waals surface area contributed by atoms with Crippen molar-refractivity contribution in [3.05, 3.63) is 35.5 Å². The number of amides is 2. The van der Waals surface area contributed by atoms with E-state index in [2.05, 4.69) is 15.7 Å². The molecule has 0 radical (unpaired) electrons. The van der Waals surface area contributed by atoms with E-state index in [0.29, 0.717) is 17.9 Å². The van der Waals surface area contributed by atoms with Crippen molar-refractivity contribution >= 4 is 17.7 Å². The third-order valence-electron chi connectivity index (χ3n) is 2.78. The number of carboxylic acids is 1. The molecule has 8 nitrogen and oxygen atoms in total.